The number of aryl methyl sites for hydroxylation is 1. The van der Waals surface area contributed by atoms with Crippen LogP contribution in [-0.4, -0.2) is 50.7 Å². The second-order valence-electron chi connectivity index (χ2n) is 6.51. The number of carbonyl (C=O) groups excluding carboxylic acids is 2. The summed E-state index contributed by atoms with van der Waals surface area (Å²) < 4.78 is 26.8. The van der Waals surface area contributed by atoms with Crippen LogP contribution in [0, 0.1) is 25.2 Å². The monoisotopic (exact) mass is 391 g/mol. The van der Waals surface area contributed by atoms with Crippen LogP contribution in [0.15, 0.2) is 29.2 Å². The molecule has 0 radical (unpaired) electrons. The topological polar surface area (TPSA) is 95.6 Å². The highest BCUT2D eigenvalue weighted by Crippen LogP contribution is 2.24. The average Bonchev–Trinajstić information content (AvgIpc) is 2.66. The normalized spacial score (nSPS) is 15.7. The summed E-state index contributed by atoms with van der Waals surface area (Å²) in [5.74, 6) is 1.70. The van der Waals surface area contributed by atoms with Crippen molar-refractivity contribution in [3.8, 4) is 12.3 Å². The number of piperidine rings is 1. The lowest BCUT2D eigenvalue weighted by molar-refractivity contribution is -0.126. The fourth-order valence-electron chi connectivity index (χ4n) is 2.90. The van der Waals surface area contributed by atoms with Crippen molar-refractivity contribution in [2.75, 3.05) is 26.2 Å². The molecule has 1 aliphatic rings. The molecule has 2 amide bonds. The van der Waals surface area contributed by atoms with Gasteiger partial charge in [-0.05, 0) is 31.9 Å². The maximum absolute atomic E-state index is 12.7. The lowest BCUT2D eigenvalue weighted by atomic mass is 9.97. The van der Waals surface area contributed by atoms with Crippen molar-refractivity contribution in [2.24, 2.45) is 5.92 Å². The van der Waals surface area contributed by atoms with E-state index in [1.54, 1.807) is 24.3 Å². The summed E-state index contributed by atoms with van der Waals surface area (Å²) in [5.41, 5.74) is 0.998. The predicted octanol–water partition coefficient (Wildman–Crippen LogP) is 0.651. The molecule has 1 fully saturated rings. The molecule has 7 nitrogen and oxygen atoms in total. The number of hydrogen-bond acceptors (Lipinski definition) is 4. The number of sulfonamides is 1. The standard InChI is InChI=1S/C19H25N3O4S/c1-3-11-20-18(23)8-12-21-19(24)16-9-13-22(14-10-16)27(25,26)17-6-4-15(2)5-7-17/h1,4-7,16H,8-14H2,2H3,(H,20,23)(H,21,24). The van der Waals surface area contributed by atoms with E-state index in [2.05, 4.69) is 16.6 Å². The van der Waals surface area contributed by atoms with Crippen molar-refractivity contribution in [3.63, 3.8) is 0 Å². The summed E-state index contributed by atoms with van der Waals surface area (Å²) in [6.45, 7) is 2.91. The quantitative estimate of drug-likeness (QED) is 0.667. The number of hydrogen-bond donors (Lipinski definition) is 2. The molecule has 0 aromatic heterocycles. The molecular weight excluding hydrogens is 366 g/mol. The van der Waals surface area contributed by atoms with Gasteiger partial charge >= 0.3 is 0 Å². The molecule has 0 saturated carbocycles. The van der Waals surface area contributed by atoms with Crippen LogP contribution in [0.3, 0.4) is 0 Å². The summed E-state index contributed by atoms with van der Waals surface area (Å²) in [6, 6.07) is 6.75. The number of terminal acetylenes is 1. The van der Waals surface area contributed by atoms with E-state index in [1.165, 1.54) is 4.31 Å². The molecule has 1 heterocycles. The molecule has 0 bridgehead atoms. The van der Waals surface area contributed by atoms with Crippen LogP contribution in [0.2, 0.25) is 0 Å². The zero-order chi connectivity index (χ0) is 19.9. The third-order valence-corrected chi connectivity index (χ3v) is 6.44. The largest absolute Gasteiger partial charge is 0.355 e. The Hall–Kier alpha value is -2.37. The van der Waals surface area contributed by atoms with Gasteiger partial charge in [-0.1, -0.05) is 23.6 Å². The van der Waals surface area contributed by atoms with Gasteiger partial charge in [-0.15, -0.1) is 6.42 Å². The van der Waals surface area contributed by atoms with E-state index >= 15 is 0 Å². The second-order valence-corrected chi connectivity index (χ2v) is 8.45. The van der Waals surface area contributed by atoms with E-state index in [1.807, 2.05) is 6.92 Å². The van der Waals surface area contributed by atoms with Gasteiger partial charge in [0.25, 0.3) is 0 Å². The van der Waals surface area contributed by atoms with E-state index in [0.717, 1.165) is 5.56 Å². The highest BCUT2D eigenvalue weighted by Gasteiger charge is 2.31. The number of benzene rings is 1. The van der Waals surface area contributed by atoms with Crippen LogP contribution < -0.4 is 10.6 Å². The van der Waals surface area contributed by atoms with Crippen molar-refractivity contribution in [3.05, 3.63) is 29.8 Å². The van der Waals surface area contributed by atoms with Crippen LogP contribution in [0.5, 0.6) is 0 Å². The Kier molecular flexibility index (Phi) is 7.39. The Morgan fingerprint density at radius 3 is 2.41 bits per heavy atom. The summed E-state index contributed by atoms with van der Waals surface area (Å²) in [6.07, 6.45) is 6.13. The number of carbonyl (C=O) groups is 2. The zero-order valence-corrected chi connectivity index (χ0v) is 16.2. The lowest BCUT2D eigenvalue weighted by Gasteiger charge is -2.30. The van der Waals surface area contributed by atoms with E-state index in [4.69, 9.17) is 6.42 Å². The van der Waals surface area contributed by atoms with Gasteiger partial charge in [-0.25, -0.2) is 8.42 Å². The number of rotatable bonds is 7. The summed E-state index contributed by atoms with van der Waals surface area (Å²) in [5, 5.41) is 5.26. The smallest absolute Gasteiger partial charge is 0.243 e. The van der Waals surface area contributed by atoms with E-state index in [0.29, 0.717) is 25.9 Å². The molecule has 1 aromatic rings. The molecule has 1 aromatic carbocycles. The third-order valence-electron chi connectivity index (χ3n) is 4.52. The van der Waals surface area contributed by atoms with Crippen LogP contribution in [0.4, 0.5) is 0 Å². The van der Waals surface area contributed by atoms with E-state index in [-0.39, 0.29) is 42.1 Å². The van der Waals surface area contributed by atoms with Crippen LogP contribution >= 0.6 is 0 Å². The van der Waals surface area contributed by atoms with E-state index in [9.17, 15) is 18.0 Å². The molecule has 0 unspecified atom stereocenters. The molecule has 0 spiro atoms. The van der Waals surface area contributed by atoms with Gasteiger partial charge in [0.15, 0.2) is 0 Å². The summed E-state index contributed by atoms with van der Waals surface area (Å²) in [4.78, 5) is 23.9. The van der Waals surface area contributed by atoms with Gasteiger partial charge in [0.1, 0.15) is 0 Å². The first kappa shape index (κ1) is 20.9. The highest BCUT2D eigenvalue weighted by molar-refractivity contribution is 7.89. The van der Waals surface area contributed by atoms with Gasteiger partial charge in [-0.2, -0.15) is 4.31 Å². The molecule has 2 rings (SSSR count). The SMILES string of the molecule is C#CCNC(=O)CCNC(=O)C1CCN(S(=O)(=O)c2ccc(C)cc2)CC1. The van der Waals surface area contributed by atoms with Crippen LogP contribution in [-0.2, 0) is 19.6 Å². The minimum Gasteiger partial charge on any atom is -0.355 e. The molecule has 0 atom stereocenters. The molecule has 27 heavy (non-hydrogen) atoms. The molecular formula is C19H25N3O4S. The Bertz CT molecular complexity index is 804. The van der Waals surface area contributed by atoms with Gasteiger partial charge in [0.05, 0.1) is 11.4 Å². The van der Waals surface area contributed by atoms with Crippen LogP contribution in [0.25, 0.3) is 0 Å². The molecule has 8 heteroatoms. The first-order valence-corrected chi connectivity index (χ1v) is 10.3. The van der Waals surface area contributed by atoms with Crippen molar-refractivity contribution in [1.29, 1.82) is 0 Å². The average molecular weight is 391 g/mol. The number of nitrogens with one attached hydrogen (secondary N) is 2. The maximum atomic E-state index is 12.7. The second kappa shape index (κ2) is 9.53. The highest BCUT2D eigenvalue weighted by atomic mass is 32.2. The molecule has 1 saturated heterocycles. The Labute approximate surface area is 160 Å². The Balaban J connectivity index is 1.80. The van der Waals surface area contributed by atoms with Gasteiger partial charge in [-0.3, -0.25) is 9.59 Å². The van der Waals surface area contributed by atoms with Crippen molar-refractivity contribution < 1.29 is 18.0 Å². The minimum atomic E-state index is -3.53. The van der Waals surface area contributed by atoms with Crippen molar-refractivity contribution in [1.82, 2.24) is 14.9 Å². The summed E-state index contributed by atoms with van der Waals surface area (Å²) in [7, 11) is -3.53. The third kappa shape index (κ3) is 5.81. The molecule has 1 aliphatic heterocycles. The number of amides is 2. The van der Waals surface area contributed by atoms with E-state index < -0.39 is 10.0 Å². The predicted molar refractivity (Wildman–Crippen MR) is 102 cm³/mol. The van der Waals surface area contributed by atoms with Crippen molar-refractivity contribution >= 4 is 21.8 Å². The van der Waals surface area contributed by atoms with Gasteiger partial charge in [0, 0.05) is 32.0 Å². The fourth-order valence-corrected chi connectivity index (χ4v) is 4.37. The zero-order valence-electron chi connectivity index (χ0n) is 15.4. The summed E-state index contributed by atoms with van der Waals surface area (Å²) >= 11 is 0. The van der Waals surface area contributed by atoms with Gasteiger partial charge < -0.3 is 10.6 Å². The lowest BCUT2D eigenvalue weighted by Crippen LogP contribution is -2.43. The first-order chi connectivity index (χ1) is 12.8. The maximum Gasteiger partial charge on any atom is 0.243 e. The molecule has 2 N–H and O–H groups in total. The Morgan fingerprint density at radius 1 is 1.19 bits per heavy atom. The van der Waals surface area contributed by atoms with Gasteiger partial charge in [0.2, 0.25) is 21.8 Å². The molecule has 146 valence electrons. The minimum absolute atomic E-state index is 0.146. The fraction of sp³-hybridized carbons (Fsp3) is 0.474. The number of nitrogens with zero attached hydrogens (tertiary/aromatic N) is 1. The van der Waals surface area contributed by atoms with Crippen LogP contribution in [0.1, 0.15) is 24.8 Å². The molecule has 0 aliphatic carbocycles. The van der Waals surface area contributed by atoms with Crippen molar-refractivity contribution in [2.45, 2.75) is 31.1 Å². The first-order valence-electron chi connectivity index (χ1n) is 8.89. The Morgan fingerprint density at radius 2 is 1.81 bits per heavy atom.